The van der Waals surface area contributed by atoms with Crippen LogP contribution in [-0.4, -0.2) is 24.0 Å². The lowest BCUT2D eigenvalue weighted by Gasteiger charge is -2.30. The number of amides is 2. The third-order valence-electron chi connectivity index (χ3n) is 3.30. The first-order chi connectivity index (χ1) is 9.15. The lowest BCUT2D eigenvalue weighted by molar-refractivity contribution is 0.173. The lowest BCUT2D eigenvalue weighted by atomic mass is 10.0. The van der Waals surface area contributed by atoms with E-state index in [1.165, 1.54) is 18.6 Å². The van der Waals surface area contributed by atoms with Gasteiger partial charge in [-0.25, -0.2) is 9.18 Å². The van der Waals surface area contributed by atoms with Gasteiger partial charge in [0.15, 0.2) is 0 Å². The Balaban J connectivity index is 1.84. The number of likely N-dealkylation sites (tertiary alicyclic amines) is 1. The van der Waals surface area contributed by atoms with Crippen LogP contribution in [0.3, 0.4) is 0 Å². The van der Waals surface area contributed by atoms with Gasteiger partial charge in [-0.05, 0) is 42.5 Å². The summed E-state index contributed by atoms with van der Waals surface area (Å²) in [6, 6.07) is 6.06. The van der Waals surface area contributed by atoms with E-state index in [1.54, 1.807) is 24.4 Å². The van der Waals surface area contributed by atoms with E-state index < -0.39 is 0 Å². The van der Waals surface area contributed by atoms with Crippen LogP contribution in [0.25, 0.3) is 6.08 Å². The topological polar surface area (TPSA) is 32.3 Å². The number of carbonyl (C=O) groups excluding carboxylic acids is 1. The number of urea groups is 1. The van der Waals surface area contributed by atoms with E-state index in [1.807, 2.05) is 4.90 Å². The molecule has 4 heteroatoms. The highest BCUT2D eigenvalue weighted by molar-refractivity contribution is 5.76. The Bertz CT molecular complexity index is 456. The fraction of sp³-hybridized carbons (Fsp3) is 0.400. The first-order valence-electron chi connectivity index (χ1n) is 6.63. The smallest absolute Gasteiger partial charge is 0.321 e. The van der Waals surface area contributed by atoms with E-state index in [-0.39, 0.29) is 11.8 Å². The van der Waals surface area contributed by atoms with Gasteiger partial charge in [0.1, 0.15) is 5.82 Å². The maximum Gasteiger partial charge on any atom is 0.321 e. The van der Waals surface area contributed by atoms with E-state index in [0.29, 0.717) is 5.92 Å². The third kappa shape index (κ3) is 4.09. The summed E-state index contributed by atoms with van der Waals surface area (Å²) in [5.74, 6) is 0.309. The Hall–Kier alpha value is -1.84. The molecule has 1 aromatic rings. The van der Waals surface area contributed by atoms with E-state index in [9.17, 15) is 9.18 Å². The van der Waals surface area contributed by atoms with Gasteiger partial charge in [-0.15, -0.1) is 0 Å². The Kier molecular flexibility index (Phi) is 4.55. The Labute approximate surface area is 113 Å². The monoisotopic (exact) mass is 262 g/mol. The zero-order chi connectivity index (χ0) is 13.7. The average molecular weight is 262 g/mol. The third-order valence-corrected chi connectivity index (χ3v) is 3.30. The minimum Gasteiger partial charge on any atom is -0.324 e. The fourth-order valence-electron chi connectivity index (χ4n) is 2.25. The van der Waals surface area contributed by atoms with Crippen LogP contribution in [-0.2, 0) is 0 Å². The molecule has 102 valence electrons. The second-order valence-corrected chi connectivity index (χ2v) is 5.03. The van der Waals surface area contributed by atoms with Gasteiger partial charge in [0.2, 0.25) is 0 Å². The molecule has 1 atom stereocenters. The first-order valence-corrected chi connectivity index (χ1v) is 6.63. The molecule has 0 aromatic heterocycles. The summed E-state index contributed by atoms with van der Waals surface area (Å²) in [6.07, 6.45) is 5.62. The van der Waals surface area contributed by atoms with Gasteiger partial charge in [0.05, 0.1) is 0 Å². The van der Waals surface area contributed by atoms with Gasteiger partial charge >= 0.3 is 6.03 Å². The summed E-state index contributed by atoms with van der Waals surface area (Å²) in [6.45, 7) is 3.80. The molecule has 0 bridgehead atoms. The van der Waals surface area contributed by atoms with Crippen molar-refractivity contribution in [3.63, 3.8) is 0 Å². The van der Waals surface area contributed by atoms with Crippen molar-refractivity contribution in [1.29, 1.82) is 0 Å². The van der Waals surface area contributed by atoms with Crippen molar-refractivity contribution in [3.05, 3.63) is 41.8 Å². The second kappa shape index (κ2) is 6.36. The van der Waals surface area contributed by atoms with Crippen LogP contribution in [0.4, 0.5) is 9.18 Å². The summed E-state index contributed by atoms with van der Waals surface area (Å²) in [5.41, 5.74) is 0.855. The molecular formula is C15H19FN2O. The molecule has 0 saturated carbocycles. The summed E-state index contributed by atoms with van der Waals surface area (Å²) in [4.78, 5) is 13.7. The highest BCUT2D eigenvalue weighted by Crippen LogP contribution is 2.15. The van der Waals surface area contributed by atoms with Gasteiger partial charge in [-0.1, -0.05) is 19.1 Å². The molecule has 0 radical (unpaired) electrons. The zero-order valence-electron chi connectivity index (χ0n) is 11.1. The molecule has 3 nitrogen and oxygen atoms in total. The zero-order valence-corrected chi connectivity index (χ0v) is 11.1. The first kappa shape index (κ1) is 13.6. The van der Waals surface area contributed by atoms with Crippen LogP contribution in [0.15, 0.2) is 30.5 Å². The molecule has 1 unspecified atom stereocenters. The van der Waals surface area contributed by atoms with Crippen LogP contribution in [0.1, 0.15) is 25.3 Å². The van der Waals surface area contributed by atoms with E-state index in [0.717, 1.165) is 25.1 Å². The molecule has 1 aromatic carbocycles. The quantitative estimate of drug-likeness (QED) is 0.872. The van der Waals surface area contributed by atoms with Crippen molar-refractivity contribution < 1.29 is 9.18 Å². The normalized spacial score (nSPS) is 19.7. The van der Waals surface area contributed by atoms with Gasteiger partial charge < -0.3 is 10.2 Å². The second-order valence-electron chi connectivity index (χ2n) is 5.03. The largest absolute Gasteiger partial charge is 0.324 e. The molecule has 1 fully saturated rings. The molecule has 1 saturated heterocycles. The molecule has 1 N–H and O–H groups in total. The average Bonchev–Trinajstić information content (AvgIpc) is 2.41. The Morgan fingerprint density at radius 2 is 2.16 bits per heavy atom. The van der Waals surface area contributed by atoms with Crippen LogP contribution in [0.5, 0.6) is 0 Å². The van der Waals surface area contributed by atoms with Gasteiger partial charge in [0.25, 0.3) is 0 Å². The summed E-state index contributed by atoms with van der Waals surface area (Å²) in [5, 5.41) is 2.75. The molecule has 0 spiro atoms. The van der Waals surface area contributed by atoms with Crippen molar-refractivity contribution in [1.82, 2.24) is 10.2 Å². The number of nitrogens with one attached hydrogen (secondary N) is 1. The molecule has 1 aliphatic heterocycles. The van der Waals surface area contributed by atoms with E-state index in [4.69, 9.17) is 0 Å². The number of carbonyl (C=O) groups is 1. The predicted octanol–water partition coefficient (Wildman–Crippen LogP) is 3.24. The van der Waals surface area contributed by atoms with Crippen molar-refractivity contribution >= 4 is 12.1 Å². The van der Waals surface area contributed by atoms with Gasteiger partial charge in [-0.3, -0.25) is 0 Å². The molecule has 1 aliphatic rings. The van der Waals surface area contributed by atoms with Crippen LogP contribution in [0.2, 0.25) is 0 Å². The standard InChI is InChI=1S/C15H19FN2O/c1-12-3-2-10-18(11-12)15(19)17-9-8-13-4-6-14(16)7-5-13/h4-9,12H,2-3,10-11H2,1H3,(H,17,19)/b9-8+. The highest BCUT2D eigenvalue weighted by Gasteiger charge is 2.19. The van der Waals surface area contributed by atoms with Crippen LogP contribution >= 0.6 is 0 Å². The number of nitrogens with zero attached hydrogens (tertiary/aromatic N) is 1. The summed E-state index contributed by atoms with van der Waals surface area (Å²) < 4.78 is 12.7. The van der Waals surface area contributed by atoms with E-state index >= 15 is 0 Å². The molecular weight excluding hydrogens is 243 g/mol. The Morgan fingerprint density at radius 1 is 1.42 bits per heavy atom. The number of hydrogen-bond donors (Lipinski definition) is 1. The maximum absolute atomic E-state index is 12.7. The molecule has 19 heavy (non-hydrogen) atoms. The minimum atomic E-state index is -0.261. The van der Waals surface area contributed by atoms with Gasteiger partial charge in [-0.2, -0.15) is 0 Å². The van der Waals surface area contributed by atoms with Crippen molar-refractivity contribution in [2.45, 2.75) is 19.8 Å². The molecule has 2 amide bonds. The number of piperidine rings is 1. The van der Waals surface area contributed by atoms with Crippen molar-refractivity contribution in [2.75, 3.05) is 13.1 Å². The molecule has 2 rings (SSSR count). The number of rotatable bonds is 2. The fourth-order valence-corrected chi connectivity index (χ4v) is 2.25. The van der Waals surface area contributed by atoms with Crippen molar-refractivity contribution in [3.8, 4) is 0 Å². The summed E-state index contributed by atoms with van der Waals surface area (Å²) >= 11 is 0. The SMILES string of the molecule is CC1CCCN(C(=O)N/C=C/c2ccc(F)cc2)C1. The summed E-state index contributed by atoms with van der Waals surface area (Å²) in [7, 11) is 0. The van der Waals surface area contributed by atoms with E-state index in [2.05, 4.69) is 12.2 Å². The predicted molar refractivity (Wildman–Crippen MR) is 73.9 cm³/mol. The number of hydrogen-bond acceptors (Lipinski definition) is 1. The number of benzene rings is 1. The highest BCUT2D eigenvalue weighted by atomic mass is 19.1. The van der Waals surface area contributed by atoms with Crippen LogP contribution < -0.4 is 5.32 Å². The lowest BCUT2D eigenvalue weighted by Crippen LogP contribution is -2.43. The van der Waals surface area contributed by atoms with Crippen molar-refractivity contribution in [2.24, 2.45) is 5.92 Å². The van der Waals surface area contributed by atoms with Crippen LogP contribution in [0, 0.1) is 11.7 Å². The van der Waals surface area contributed by atoms with Gasteiger partial charge in [0, 0.05) is 19.3 Å². The molecule has 0 aliphatic carbocycles. The Morgan fingerprint density at radius 3 is 2.84 bits per heavy atom. The minimum absolute atomic E-state index is 0.0649. The molecule has 1 heterocycles. The maximum atomic E-state index is 12.7. The number of halogens is 1.